The second-order valence-electron chi connectivity index (χ2n) is 9.46. The first kappa shape index (κ1) is 25.3. The molecule has 1 aromatic heterocycles. The van der Waals surface area contributed by atoms with Gasteiger partial charge in [-0.25, -0.2) is 0 Å². The summed E-state index contributed by atoms with van der Waals surface area (Å²) in [6, 6.07) is 15.4. The topological polar surface area (TPSA) is 43.9 Å². The number of carbonyl (C=O) groups excluding carboxylic acids is 2. The lowest BCUT2D eigenvalue weighted by molar-refractivity contribution is -0.138. The van der Waals surface area contributed by atoms with Crippen molar-refractivity contribution in [3.63, 3.8) is 0 Å². The monoisotopic (exact) mass is 541 g/mol. The molecule has 5 rings (SSSR count). The van der Waals surface area contributed by atoms with E-state index in [0.29, 0.717) is 41.8 Å². The van der Waals surface area contributed by atoms with Gasteiger partial charge in [0.25, 0.3) is 5.91 Å². The first-order chi connectivity index (χ1) is 17.3. The van der Waals surface area contributed by atoms with Gasteiger partial charge in [0, 0.05) is 42.6 Å². The second-order valence-corrected chi connectivity index (χ2v) is 11.3. The summed E-state index contributed by atoms with van der Waals surface area (Å²) in [5.41, 5.74) is 4.25. The molecule has 0 aliphatic carbocycles. The molecule has 3 heterocycles. The number of hydrogen-bond donors (Lipinski definition) is 0. The fourth-order valence-electron chi connectivity index (χ4n) is 5.36. The Kier molecular flexibility index (Phi) is 7.40. The lowest BCUT2D eigenvalue weighted by Crippen LogP contribution is -2.56. The number of benzene rings is 2. The zero-order valence-electron chi connectivity index (χ0n) is 20.4. The minimum Gasteiger partial charge on any atom is -0.338 e. The van der Waals surface area contributed by atoms with Crippen LogP contribution in [0.2, 0.25) is 10.0 Å². The van der Waals surface area contributed by atoms with E-state index in [4.69, 9.17) is 23.2 Å². The first-order valence-electron chi connectivity index (χ1n) is 12.3. The number of aryl methyl sites for hydroxylation is 1. The summed E-state index contributed by atoms with van der Waals surface area (Å²) in [5, 5.41) is 3.01. The van der Waals surface area contributed by atoms with Crippen molar-refractivity contribution >= 4 is 46.4 Å². The average molecular weight is 543 g/mol. The molecule has 0 spiro atoms. The third kappa shape index (κ3) is 4.80. The van der Waals surface area contributed by atoms with Crippen molar-refractivity contribution in [1.82, 2.24) is 14.7 Å². The Hall–Kier alpha value is -2.38. The molecule has 0 N–H and O–H groups in total. The predicted octanol–water partition coefficient (Wildman–Crippen LogP) is 5.68. The number of amides is 2. The van der Waals surface area contributed by atoms with Gasteiger partial charge in [-0.3, -0.25) is 14.5 Å². The molecule has 2 amide bonds. The quantitative estimate of drug-likeness (QED) is 0.426. The number of piperazine rings is 1. The molecule has 2 aliphatic heterocycles. The summed E-state index contributed by atoms with van der Waals surface area (Å²) >= 11 is 14.0. The number of thiophene rings is 1. The van der Waals surface area contributed by atoms with E-state index in [1.54, 1.807) is 34.4 Å². The van der Waals surface area contributed by atoms with E-state index < -0.39 is 0 Å². The molecule has 3 aromatic rings. The Labute approximate surface area is 226 Å². The van der Waals surface area contributed by atoms with Crippen molar-refractivity contribution in [3.8, 4) is 0 Å². The van der Waals surface area contributed by atoms with Crippen molar-refractivity contribution < 1.29 is 9.59 Å². The maximum atomic E-state index is 13.7. The van der Waals surface area contributed by atoms with Crippen LogP contribution >= 0.6 is 34.5 Å². The molecule has 1 saturated heterocycles. The van der Waals surface area contributed by atoms with Gasteiger partial charge in [-0.05, 0) is 66.6 Å². The molecule has 5 nitrogen and oxygen atoms in total. The fourth-order valence-corrected chi connectivity index (χ4v) is 6.76. The van der Waals surface area contributed by atoms with E-state index >= 15 is 0 Å². The molecule has 2 aliphatic rings. The zero-order valence-corrected chi connectivity index (χ0v) is 22.7. The molecule has 1 fully saturated rings. The van der Waals surface area contributed by atoms with Crippen LogP contribution in [0.4, 0.5) is 0 Å². The molecule has 188 valence electrons. The van der Waals surface area contributed by atoms with Crippen LogP contribution in [-0.4, -0.2) is 65.3 Å². The first-order valence-corrected chi connectivity index (χ1v) is 13.9. The SMILES string of the molecule is Cc1ccccc1C1c2ccsc2CCN1C(C)C(=O)N1CCN(C(=O)c2ccc(Cl)cc2Cl)CC1. The number of halogens is 2. The van der Waals surface area contributed by atoms with Gasteiger partial charge in [-0.15, -0.1) is 11.3 Å². The summed E-state index contributed by atoms with van der Waals surface area (Å²) in [4.78, 5) is 34.1. The zero-order chi connectivity index (χ0) is 25.4. The van der Waals surface area contributed by atoms with Crippen LogP contribution in [0, 0.1) is 6.92 Å². The van der Waals surface area contributed by atoms with Crippen LogP contribution < -0.4 is 0 Å². The Balaban J connectivity index is 1.30. The highest BCUT2D eigenvalue weighted by atomic mass is 35.5. The smallest absolute Gasteiger partial charge is 0.255 e. The van der Waals surface area contributed by atoms with Crippen molar-refractivity contribution in [2.45, 2.75) is 32.4 Å². The number of hydrogen-bond acceptors (Lipinski definition) is 4. The van der Waals surface area contributed by atoms with E-state index in [2.05, 4.69) is 47.5 Å². The van der Waals surface area contributed by atoms with Crippen LogP contribution in [0.3, 0.4) is 0 Å². The number of rotatable bonds is 4. The lowest BCUT2D eigenvalue weighted by Gasteiger charge is -2.43. The van der Waals surface area contributed by atoms with Gasteiger partial charge in [0.15, 0.2) is 0 Å². The maximum Gasteiger partial charge on any atom is 0.255 e. The fraction of sp³-hybridized carbons (Fsp3) is 0.357. The van der Waals surface area contributed by atoms with Gasteiger partial charge in [0.05, 0.1) is 22.7 Å². The largest absolute Gasteiger partial charge is 0.338 e. The molecule has 2 atom stereocenters. The molecule has 36 heavy (non-hydrogen) atoms. The van der Waals surface area contributed by atoms with Crippen molar-refractivity contribution in [3.05, 3.63) is 91.1 Å². The van der Waals surface area contributed by atoms with Gasteiger partial charge in [-0.2, -0.15) is 0 Å². The summed E-state index contributed by atoms with van der Waals surface area (Å²) in [6.07, 6.45) is 0.955. The van der Waals surface area contributed by atoms with E-state index in [0.717, 1.165) is 13.0 Å². The number of fused-ring (bicyclic) bond motifs is 1. The third-order valence-electron chi connectivity index (χ3n) is 7.38. The lowest BCUT2D eigenvalue weighted by atomic mass is 9.89. The van der Waals surface area contributed by atoms with E-state index in [9.17, 15) is 9.59 Å². The Morgan fingerprint density at radius 3 is 2.39 bits per heavy atom. The van der Waals surface area contributed by atoms with Crippen LogP contribution in [0.1, 0.15) is 44.9 Å². The highest BCUT2D eigenvalue weighted by Crippen LogP contribution is 2.40. The van der Waals surface area contributed by atoms with Crippen molar-refractivity contribution in [2.24, 2.45) is 0 Å². The summed E-state index contributed by atoms with van der Waals surface area (Å²) < 4.78 is 0. The van der Waals surface area contributed by atoms with E-state index in [1.807, 2.05) is 11.8 Å². The molecule has 8 heteroatoms. The Bertz CT molecular complexity index is 1290. The van der Waals surface area contributed by atoms with E-state index in [1.165, 1.54) is 21.6 Å². The van der Waals surface area contributed by atoms with Gasteiger partial charge < -0.3 is 9.80 Å². The van der Waals surface area contributed by atoms with Gasteiger partial charge in [0.2, 0.25) is 5.91 Å². The summed E-state index contributed by atoms with van der Waals surface area (Å²) in [5.74, 6) is -0.0127. The van der Waals surface area contributed by atoms with Crippen LogP contribution in [0.25, 0.3) is 0 Å². The highest BCUT2D eigenvalue weighted by Gasteiger charge is 2.38. The molecular weight excluding hydrogens is 513 g/mol. The second kappa shape index (κ2) is 10.5. The minimum atomic E-state index is -0.268. The summed E-state index contributed by atoms with van der Waals surface area (Å²) in [7, 11) is 0. The van der Waals surface area contributed by atoms with E-state index in [-0.39, 0.29) is 23.9 Å². The van der Waals surface area contributed by atoms with Crippen LogP contribution in [0.15, 0.2) is 53.9 Å². The normalized spacial score (nSPS) is 19.2. The van der Waals surface area contributed by atoms with Crippen LogP contribution in [0.5, 0.6) is 0 Å². The molecule has 2 unspecified atom stereocenters. The molecule has 2 aromatic carbocycles. The van der Waals surface area contributed by atoms with Crippen molar-refractivity contribution in [1.29, 1.82) is 0 Å². The predicted molar refractivity (Wildman–Crippen MR) is 146 cm³/mol. The average Bonchev–Trinajstić information content (AvgIpc) is 3.36. The number of carbonyl (C=O) groups is 2. The molecular formula is C28H29Cl2N3O2S. The van der Waals surface area contributed by atoms with Gasteiger partial charge in [0.1, 0.15) is 0 Å². The van der Waals surface area contributed by atoms with Gasteiger partial charge in [-0.1, -0.05) is 47.5 Å². The van der Waals surface area contributed by atoms with Crippen molar-refractivity contribution in [2.75, 3.05) is 32.7 Å². The molecule has 0 saturated carbocycles. The molecule has 0 bridgehead atoms. The highest BCUT2D eigenvalue weighted by molar-refractivity contribution is 7.10. The van der Waals surface area contributed by atoms with Gasteiger partial charge >= 0.3 is 0 Å². The maximum absolute atomic E-state index is 13.7. The standard InChI is InChI=1S/C28H29Cl2N3O2S/c1-18-5-3-4-6-21(18)26-23-10-16-36-25(23)9-11-33(26)19(2)27(34)31-12-14-32(15-13-31)28(35)22-8-7-20(29)17-24(22)30/h3-8,10,16-17,19,26H,9,11-15H2,1-2H3. The Morgan fingerprint density at radius 1 is 0.944 bits per heavy atom. The minimum absolute atomic E-state index is 0.0649. The Morgan fingerprint density at radius 2 is 1.67 bits per heavy atom. The number of nitrogens with zero attached hydrogens (tertiary/aromatic N) is 3. The summed E-state index contributed by atoms with van der Waals surface area (Å²) in [6.45, 7) is 6.98. The third-order valence-corrected chi connectivity index (χ3v) is 8.93. The molecule has 0 radical (unpaired) electrons. The van der Waals surface area contributed by atoms with Crippen LogP contribution in [-0.2, 0) is 11.2 Å².